The Morgan fingerprint density at radius 1 is 1.16 bits per heavy atom. The summed E-state index contributed by atoms with van der Waals surface area (Å²) in [6.07, 6.45) is -0.178. The van der Waals surface area contributed by atoms with Crippen LogP contribution >= 0.6 is 22.6 Å². The summed E-state index contributed by atoms with van der Waals surface area (Å²) in [4.78, 5) is 29.1. The zero-order chi connectivity index (χ0) is 26.9. The van der Waals surface area contributed by atoms with Crippen LogP contribution in [0.3, 0.4) is 0 Å². The molecule has 0 bridgehead atoms. The van der Waals surface area contributed by atoms with Crippen molar-refractivity contribution in [1.29, 1.82) is 0 Å². The summed E-state index contributed by atoms with van der Waals surface area (Å²) in [6, 6.07) is 10.4. The van der Waals surface area contributed by atoms with Gasteiger partial charge in [0.25, 0.3) is 0 Å². The molecule has 10 heteroatoms. The number of carbonyl (C=O) groups is 2. The van der Waals surface area contributed by atoms with Gasteiger partial charge in [-0.1, -0.05) is 19.1 Å². The lowest BCUT2D eigenvalue weighted by Gasteiger charge is -2.40. The van der Waals surface area contributed by atoms with E-state index in [0.29, 0.717) is 25.2 Å². The van der Waals surface area contributed by atoms with Crippen molar-refractivity contribution in [3.63, 3.8) is 0 Å². The van der Waals surface area contributed by atoms with Gasteiger partial charge in [0, 0.05) is 41.9 Å². The van der Waals surface area contributed by atoms with E-state index in [0.717, 1.165) is 21.6 Å². The SMILES string of the molecule is CC[C@@H]1CN(CC(=O)N[C@@H](Cc2cc(F)cc(F)c2)[C@@H](O)CNCc2cccc(I)c2)CC(=O)N1CC. The van der Waals surface area contributed by atoms with E-state index < -0.39 is 23.8 Å². The summed E-state index contributed by atoms with van der Waals surface area (Å²) in [5.41, 5.74) is 1.38. The molecule has 1 aliphatic rings. The number of carbonyl (C=O) groups excluding carboxylic acids is 2. The molecule has 3 atom stereocenters. The topological polar surface area (TPSA) is 84.9 Å². The summed E-state index contributed by atoms with van der Waals surface area (Å²) in [5, 5.41) is 17.0. The molecule has 1 aliphatic heterocycles. The van der Waals surface area contributed by atoms with Crippen LogP contribution in [0.15, 0.2) is 42.5 Å². The fraction of sp³-hybridized carbons (Fsp3) is 0.481. The Morgan fingerprint density at radius 2 is 1.89 bits per heavy atom. The van der Waals surface area contributed by atoms with Crippen LogP contribution in [-0.4, -0.2) is 77.6 Å². The van der Waals surface area contributed by atoms with Crippen LogP contribution in [0.25, 0.3) is 0 Å². The van der Waals surface area contributed by atoms with Gasteiger partial charge < -0.3 is 20.6 Å². The molecular formula is C27H35F2IN4O3. The minimum atomic E-state index is -1.01. The number of aliphatic hydroxyl groups is 1. The summed E-state index contributed by atoms with van der Waals surface area (Å²) in [5.74, 6) is -1.81. The highest BCUT2D eigenvalue weighted by atomic mass is 127. The molecule has 0 radical (unpaired) electrons. The Balaban J connectivity index is 1.65. The van der Waals surface area contributed by atoms with E-state index in [9.17, 15) is 23.5 Å². The minimum Gasteiger partial charge on any atom is -0.390 e. The van der Waals surface area contributed by atoms with E-state index in [-0.39, 0.29) is 43.9 Å². The number of hydrogen-bond donors (Lipinski definition) is 3. The number of halogens is 3. The van der Waals surface area contributed by atoms with Crippen LogP contribution in [0, 0.1) is 15.2 Å². The van der Waals surface area contributed by atoms with E-state index in [1.54, 1.807) is 4.90 Å². The van der Waals surface area contributed by atoms with E-state index in [1.807, 2.05) is 43.0 Å². The van der Waals surface area contributed by atoms with E-state index >= 15 is 0 Å². The lowest BCUT2D eigenvalue weighted by atomic mass is 10.0. The van der Waals surface area contributed by atoms with Gasteiger partial charge in [0.2, 0.25) is 11.8 Å². The largest absolute Gasteiger partial charge is 0.390 e. The maximum absolute atomic E-state index is 13.8. The van der Waals surface area contributed by atoms with Gasteiger partial charge in [0.15, 0.2) is 0 Å². The normalized spacial score (nSPS) is 18.1. The predicted molar refractivity (Wildman–Crippen MR) is 147 cm³/mol. The fourth-order valence-electron chi connectivity index (χ4n) is 4.73. The summed E-state index contributed by atoms with van der Waals surface area (Å²) < 4.78 is 28.7. The first-order valence-electron chi connectivity index (χ1n) is 12.6. The van der Waals surface area contributed by atoms with Crippen molar-refractivity contribution in [2.75, 3.05) is 32.7 Å². The number of hydrogen-bond acceptors (Lipinski definition) is 5. The van der Waals surface area contributed by atoms with Gasteiger partial charge in [-0.05, 0) is 77.7 Å². The summed E-state index contributed by atoms with van der Waals surface area (Å²) in [6.45, 7) is 6.00. The summed E-state index contributed by atoms with van der Waals surface area (Å²) in [7, 11) is 0. The van der Waals surface area contributed by atoms with Crippen molar-refractivity contribution in [3.8, 4) is 0 Å². The predicted octanol–water partition coefficient (Wildman–Crippen LogP) is 2.69. The van der Waals surface area contributed by atoms with Crippen molar-refractivity contribution in [3.05, 3.63) is 68.8 Å². The van der Waals surface area contributed by atoms with Crippen LogP contribution < -0.4 is 10.6 Å². The second-order valence-corrected chi connectivity index (χ2v) is 10.6. The molecular weight excluding hydrogens is 593 g/mol. The standard InChI is InChI=1S/C27H35F2IN4O3/c1-3-23-15-33(17-27(37)34(23)4-2)16-26(36)32-24(11-19-8-20(28)12-21(29)9-19)25(35)14-31-13-18-6-5-7-22(30)10-18/h5-10,12,23-25,31,35H,3-4,11,13-17H2,1-2H3,(H,32,36)/t23-,24+,25+/m1/s1. The second kappa shape index (κ2) is 14.1. The maximum Gasteiger partial charge on any atom is 0.237 e. The summed E-state index contributed by atoms with van der Waals surface area (Å²) >= 11 is 2.23. The molecule has 1 saturated heterocycles. The van der Waals surface area contributed by atoms with Gasteiger partial charge in [0.1, 0.15) is 11.6 Å². The van der Waals surface area contributed by atoms with E-state index in [4.69, 9.17) is 0 Å². The molecule has 3 N–H and O–H groups in total. The van der Waals surface area contributed by atoms with Crippen LogP contribution in [0.4, 0.5) is 8.78 Å². The highest BCUT2D eigenvalue weighted by Gasteiger charge is 2.32. The molecule has 1 fully saturated rings. The van der Waals surface area contributed by atoms with Crippen molar-refractivity contribution in [1.82, 2.24) is 20.4 Å². The Hall–Kier alpha value is -2.15. The smallest absolute Gasteiger partial charge is 0.237 e. The molecule has 3 rings (SSSR count). The quantitative estimate of drug-likeness (QED) is 0.315. The number of rotatable bonds is 12. The molecule has 0 spiro atoms. The number of benzene rings is 2. The van der Waals surface area contributed by atoms with Gasteiger partial charge in [-0.2, -0.15) is 0 Å². The number of nitrogens with zero attached hydrogens (tertiary/aromatic N) is 2. The number of amides is 2. The Bertz CT molecular complexity index is 1050. The van der Waals surface area contributed by atoms with Gasteiger partial charge in [-0.3, -0.25) is 14.5 Å². The lowest BCUT2D eigenvalue weighted by molar-refractivity contribution is -0.140. The van der Waals surface area contributed by atoms with Crippen molar-refractivity contribution in [2.45, 2.75) is 51.4 Å². The average molecular weight is 629 g/mol. The molecule has 0 aromatic heterocycles. The molecule has 2 aromatic carbocycles. The zero-order valence-electron chi connectivity index (χ0n) is 21.2. The monoisotopic (exact) mass is 628 g/mol. The van der Waals surface area contributed by atoms with Gasteiger partial charge >= 0.3 is 0 Å². The Labute approximate surface area is 230 Å². The third-order valence-corrected chi connectivity index (χ3v) is 7.20. The number of nitrogens with one attached hydrogen (secondary N) is 2. The Morgan fingerprint density at radius 3 is 2.54 bits per heavy atom. The molecule has 202 valence electrons. The zero-order valence-corrected chi connectivity index (χ0v) is 23.4. The molecule has 1 heterocycles. The molecule has 37 heavy (non-hydrogen) atoms. The molecule has 0 unspecified atom stereocenters. The number of piperazine rings is 1. The maximum atomic E-state index is 13.8. The number of likely N-dealkylation sites (N-methyl/N-ethyl adjacent to an activating group) is 1. The molecule has 0 aliphatic carbocycles. The van der Waals surface area contributed by atoms with Crippen LogP contribution in [0.2, 0.25) is 0 Å². The molecule has 7 nitrogen and oxygen atoms in total. The van der Waals surface area contributed by atoms with Gasteiger partial charge in [-0.15, -0.1) is 0 Å². The number of aliphatic hydroxyl groups excluding tert-OH is 1. The van der Waals surface area contributed by atoms with Crippen molar-refractivity contribution >= 4 is 34.4 Å². The molecule has 2 amide bonds. The highest BCUT2D eigenvalue weighted by molar-refractivity contribution is 14.1. The van der Waals surface area contributed by atoms with Crippen molar-refractivity contribution < 1.29 is 23.5 Å². The van der Waals surface area contributed by atoms with Crippen LogP contribution in [0.5, 0.6) is 0 Å². The van der Waals surface area contributed by atoms with Crippen molar-refractivity contribution in [2.24, 2.45) is 0 Å². The van der Waals surface area contributed by atoms with Crippen LogP contribution in [0.1, 0.15) is 31.4 Å². The first kappa shape index (κ1) is 29.4. The lowest BCUT2D eigenvalue weighted by Crippen LogP contribution is -2.58. The third kappa shape index (κ3) is 8.98. The second-order valence-electron chi connectivity index (χ2n) is 9.40. The molecule has 0 saturated carbocycles. The minimum absolute atomic E-state index is 0.00356. The fourth-order valence-corrected chi connectivity index (χ4v) is 5.33. The van der Waals surface area contributed by atoms with Crippen LogP contribution in [-0.2, 0) is 22.6 Å². The first-order chi connectivity index (χ1) is 17.7. The van der Waals surface area contributed by atoms with Gasteiger partial charge in [-0.25, -0.2) is 8.78 Å². The van der Waals surface area contributed by atoms with Gasteiger partial charge in [0.05, 0.1) is 25.2 Å². The van der Waals surface area contributed by atoms with E-state index in [2.05, 4.69) is 33.2 Å². The van der Waals surface area contributed by atoms with E-state index in [1.165, 1.54) is 12.1 Å². The third-order valence-electron chi connectivity index (χ3n) is 6.53. The molecule has 2 aromatic rings. The highest BCUT2D eigenvalue weighted by Crippen LogP contribution is 2.15. The Kier molecular flexibility index (Phi) is 11.2. The first-order valence-corrected chi connectivity index (χ1v) is 13.7. The average Bonchev–Trinajstić information content (AvgIpc) is 2.82.